The van der Waals surface area contributed by atoms with E-state index in [0.717, 1.165) is 21.9 Å². The lowest BCUT2D eigenvalue weighted by molar-refractivity contribution is -0.165. The van der Waals surface area contributed by atoms with Crippen LogP contribution in [0.4, 0.5) is 4.39 Å². The Hall–Kier alpha value is -7.88. The van der Waals surface area contributed by atoms with Crippen LogP contribution in [0.3, 0.4) is 0 Å². The molecule has 1 unspecified atom stereocenters. The summed E-state index contributed by atoms with van der Waals surface area (Å²) in [5.74, 6) is -6.52. The van der Waals surface area contributed by atoms with Crippen molar-refractivity contribution >= 4 is 53.2 Å². The second-order valence-corrected chi connectivity index (χ2v) is 23.0. The average molecular weight is 1170 g/mol. The highest BCUT2D eigenvalue weighted by Gasteiger charge is 2.45. The zero-order valence-electron chi connectivity index (χ0n) is 50.1. The number of hydrogen-bond acceptors (Lipinski definition) is 15. The van der Waals surface area contributed by atoms with Gasteiger partial charge in [0.2, 0.25) is 29.4 Å². The van der Waals surface area contributed by atoms with E-state index in [0.29, 0.717) is 48.3 Å². The van der Waals surface area contributed by atoms with Gasteiger partial charge in [-0.2, -0.15) is 0 Å². The first kappa shape index (κ1) is 65.3. The van der Waals surface area contributed by atoms with Gasteiger partial charge >= 0.3 is 11.9 Å². The van der Waals surface area contributed by atoms with Crippen molar-refractivity contribution in [2.24, 2.45) is 5.41 Å². The van der Waals surface area contributed by atoms with E-state index >= 15 is 4.39 Å². The van der Waals surface area contributed by atoms with Gasteiger partial charge in [0.1, 0.15) is 54.5 Å². The highest BCUT2D eigenvalue weighted by atomic mass is 19.1. The third kappa shape index (κ3) is 16.7. The van der Waals surface area contributed by atoms with Gasteiger partial charge in [0, 0.05) is 52.4 Å². The minimum atomic E-state index is -1.55. The molecule has 0 spiro atoms. The molecule has 3 heterocycles. The Bertz CT molecular complexity index is 2910. The van der Waals surface area contributed by atoms with Crippen molar-refractivity contribution in [1.29, 1.82) is 0 Å². The number of nitrogens with zero attached hydrogens (tertiary/aromatic N) is 5. The van der Waals surface area contributed by atoms with Crippen molar-refractivity contribution in [3.05, 3.63) is 101 Å². The van der Waals surface area contributed by atoms with Gasteiger partial charge in [-0.1, -0.05) is 42.5 Å². The number of carbonyl (C=O) groups excluding carboxylic acids is 9. The fraction of sp³-hybridized carbons (Fsp3) is 0.532. The van der Waals surface area contributed by atoms with Crippen LogP contribution in [0.2, 0.25) is 0 Å². The smallest absolute Gasteiger partial charge is 0.330 e. The maximum atomic E-state index is 16.2. The predicted octanol–water partition coefficient (Wildman–Crippen LogP) is 5.71. The molecule has 2 bridgehead atoms. The second kappa shape index (κ2) is 29.1. The van der Waals surface area contributed by atoms with Crippen LogP contribution in [0, 0.1) is 11.2 Å². The van der Waals surface area contributed by atoms with E-state index in [-0.39, 0.29) is 69.1 Å². The molecule has 1 N–H and O–H groups in total. The van der Waals surface area contributed by atoms with Crippen molar-refractivity contribution in [3.63, 3.8) is 0 Å². The maximum Gasteiger partial charge on any atom is 0.330 e. The molecule has 456 valence electrons. The molecule has 22 heteroatoms. The van der Waals surface area contributed by atoms with E-state index in [9.17, 15) is 43.2 Å². The molecule has 6 rings (SSSR count). The van der Waals surface area contributed by atoms with Gasteiger partial charge in [0.25, 0.3) is 11.8 Å². The predicted molar refractivity (Wildman–Crippen MR) is 306 cm³/mol. The van der Waals surface area contributed by atoms with E-state index in [4.69, 9.17) is 28.4 Å². The molecular weight excluding hydrogens is 1090 g/mol. The molecule has 6 atom stereocenters. The van der Waals surface area contributed by atoms with Gasteiger partial charge in [-0.05, 0) is 134 Å². The summed E-state index contributed by atoms with van der Waals surface area (Å²) in [6.07, 6.45) is 3.68. The average Bonchev–Trinajstić information content (AvgIpc) is 4.13. The maximum absolute atomic E-state index is 16.2. The molecule has 0 aliphatic carbocycles. The molecule has 21 nitrogen and oxygen atoms in total. The summed E-state index contributed by atoms with van der Waals surface area (Å²) in [7, 11) is 7.34. The number of Topliss-reactive ketones (excluding diaryl/α,β-unsaturated/α-hetero) is 1. The lowest BCUT2D eigenvalue weighted by Gasteiger charge is -2.37. The Morgan fingerprint density at radius 2 is 1.44 bits per heavy atom. The van der Waals surface area contributed by atoms with Gasteiger partial charge in [-0.15, -0.1) is 0 Å². The number of benzene rings is 3. The molecule has 2 fully saturated rings. The first-order chi connectivity index (χ1) is 39.8. The molecule has 0 saturated carbocycles. The molecule has 2 saturated heterocycles. The van der Waals surface area contributed by atoms with Crippen LogP contribution in [0.1, 0.15) is 115 Å². The van der Waals surface area contributed by atoms with Crippen LogP contribution >= 0.6 is 0 Å². The number of aryl methyl sites for hydroxylation is 1. The first-order valence-electron chi connectivity index (χ1n) is 28.4. The molecule has 84 heavy (non-hydrogen) atoms. The minimum Gasteiger partial charge on any atom is -0.493 e. The number of amides is 6. The van der Waals surface area contributed by atoms with Gasteiger partial charge < -0.3 is 58.2 Å². The quantitative estimate of drug-likeness (QED) is 0.210. The first-order valence-corrected chi connectivity index (χ1v) is 28.4. The van der Waals surface area contributed by atoms with Crippen LogP contribution in [0.15, 0.2) is 78.9 Å². The standard InChI is InChI=1S/C62H81FN6O15/c1-39-55(73)64-53(41-20-13-12-14-21-41)58(76)67(9)47(36-83-61(2,3)4)57(75)68-33-19-23-45(68)56(74)65(7)31-17-16-24-52(71)82-38-62(5,6)54(72)59(77)69-32-18-15-22-46(69)60(78)84-48(29-25-40-26-30-49(79-10)50(34-40)80-11)43-35-42(27-28-44(43)63)81-37-51(70)66(39)8/h12-14,16,20-21,24,26-28,30,34-35,39,45-48,53H,15,17-19,22-23,25,29,31-33,36-38H2,1-11H3,(H,64,73)/b24-16-/t39-,45-,46-,47-,48+,53?/m0/s1. The second-order valence-electron chi connectivity index (χ2n) is 23.0. The Labute approximate surface area is 491 Å². The third-order valence-electron chi connectivity index (χ3n) is 15.4. The molecule has 3 aliphatic heterocycles. The summed E-state index contributed by atoms with van der Waals surface area (Å²) in [5.41, 5.74) is -1.33. The summed E-state index contributed by atoms with van der Waals surface area (Å²) in [6.45, 7) is 8.70. The molecule has 3 aromatic carbocycles. The van der Waals surface area contributed by atoms with Crippen LogP contribution in [-0.4, -0.2) is 182 Å². The summed E-state index contributed by atoms with van der Waals surface area (Å²) in [4.78, 5) is 134. The normalized spacial score (nSPS) is 24.0. The number of nitrogens with one attached hydrogen (secondary N) is 1. The number of cyclic esters (lactones) is 2. The lowest BCUT2D eigenvalue weighted by Crippen LogP contribution is -2.58. The molecule has 6 amide bonds. The fourth-order valence-corrected chi connectivity index (χ4v) is 10.1. The van der Waals surface area contributed by atoms with Gasteiger partial charge in [-0.3, -0.25) is 33.6 Å². The Morgan fingerprint density at radius 1 is 0.750 bits per heavy atom. The minimum absolute atomic E-state index is 0.00000335. The Kier molecular flexibility index (Phi) is 22.6. The number of methoxy groups -OCH3 is 2. The highest BCUT2D eigenvalue weighted by molar-refractivity contribution is 6.38. The van der Waals surface area contributed by atoms with Crippen LogP contribution < -0.4 is 19.5 Å². The number of esters is 2. The highest BCUT2D eigenvalue weighted by Crippen LogP contribution is 2.34. The topological polar surface area (TPSA) is 237 Å². The molecular formula is C62H81FN6O15. The van der Waals surface area contributed by atoms with E-state index in [1.807, 2.05) is 0 Å². The number of fused-ring (bicyclic) bond motifs is 4. The molecule has 0 radical (unpaired) electrons. The van der Waals surface area contributed by atoms with E-state index < -0.39 is 114 Å². The number of carbonyl (C=O) groups is 9. The van der Waals surface area contributed by atoms with Crippen LogP contribution in [-0.2, 0) is 63.8 Å². The summed E-state index contributed by atoms with van der Waals surface area (Å²) in [5, 5.41) is 2.80. The van der Waals surface area contributed by atoms with Crippen molar-refractivity contribution in [2.45, 2.75) is 135 Å². The number of halogens is 1. The summed E-state index contributed by atoms with van der Waals surface area (Å²) < 4.78 is 50.8. The van der Waals surface area contributed by atoms with Gasteiger partial charge in [0.05, 0.1) is 31.8 Å². The number of likely N-dealkylation sites (N-methyl/N-ethyl adjacent to an activating group) is 3. The van der Waals surface area contributed by atoms with Crippen molar-refractivity contribution in [1.82, 2.24) is 29.8 Å². The fourth-order valence-electron chi connectivity index (χ4n) is 10.1. The number of hydrogen-bond donors (Lipinski definition) is 1. The number of ketones is 1. The Morgan fingerprint density at radius 3 is 2.13 bits per heavy atom. The summed E-state index contributed by atoms with van der Waals surface area (Å²) in [6, 6.07) is 11.3. The largest absolute Gasteiger partial charge is 0.493 e. The van der Waals surface area contributed by atoms with Crippen molar-refractivity contribution < 1.29 is 76.0 Å². The van der Waals surface area contributed by atoms with E-state index in [1.54, 1.807) is 76.3 Å². The Balaban J connectivity index is 1.34. The van der Waals surface area contributed by atoms with Crippen molar-refractivity contribution in [3.8, 4) is 17.2 Å². The zero-order valence-corrected chi connectivity index (χ0v) is 50.1. The van der Waals surface area contributed by atoms with E-state index in [2.05, 4.69) is 5.32 Å². The number of ether oxygens (including phenoxy) is 6. The SMILES string of the molecule is COc1ccc(CC[C@H]2OC(=O)[C@@H]3CCCCN3C(=O)C(=O)C(C)(C)COC(=O)/C=C\CCN(C)C(=O)[C@@H]3CCCN3C(=O)[C@H](COC(C)(C)C)N(C)C(=O)C(c3ccccc3)NC(=O)[C@H](C)N(C)C(=O)COc3ccc(F)c2c3)cc1OC. The van der Waals surface area contributed by atoms with Crippen molar-refractivity contribution in [2.75, 3.05) is 74.8 Å². The molecule has 0 aromatic heterocycles. The summed E-state index contributed by atoms with van der Waals surface area (Å²) >= 11 is 0. The van der Waals surface area contributed by atoms with Crippen LogP contribution in [0.5, 0.6) is 17.2 Å². The zero-order chi connectivity index (χ0) is 61.6. The van der Waals surface area contributed by atoms with Gasteiger partial charge in [0.15, 0.2) is 18.1 Å². The molecule has 3 aromatic rings. The monoisotopic (exact) mass is 1170 g/mol. The molecule has 3 aliphatic rings. The number of piperidine rings is 1. The van der Waals surface area contributed by atoms with Gasteiger partial charge in [-0.25, -0.2) is 14.0 Å². The lowest BCUT2D eigenvalue weighted by atomic mass is 9.87. The number of rotatable bonds is 8. The van der Waals surface area contributed by atoms with E-state index in [1.165, 1.54) is 82.0 Å². The van der Waals surface area contributed by atoms with Crippen LogP contribution in [0.25, 0.3) is 0 Å². The third-order valence-corrected chi connectivity index (χ3v) is 15.4.